The average Bonchev–Trinajstić information content (AvgIpc) is 2.61. The van der Waals surface area contributed by atoms with Crippen molar-refractivity contribution in [3.05, 3.63) is 70.2 Å². The second-order valence-electron chi connectivity index (χ2n) is 7.16. The molecule has 0 saturated carbocycles. The quantitative estimate of drug-likeness (QED) is 0.841. The second kappa shape index (κ2) is 7.78. The molecular formula is C21H24ClNO3. The van der Waals surface area contributed by atoms with Gasteiger partial charge < -0.3 is 10.2 Å². The molecule has 138 valence electrons. The lowest BCUT2D eigenvalue weighted by atomic mass is 9.71. The van der Waals surface area contributed by atoms with Crippen molar-refractivity contribution in [2.24, 2.45) is 5.41 Å². The van der Waals surface area contributed by atoms with Gasteiger partial charge in [-0.25, -0.2) is 0 Å². The number of hydrogen-bond donors (Lipinski definition) is 2. The number of aryl methyl sites for hydroxylation is 1. The predicted octanol–water partition coefficient (Wildman–Crippen LogP) is 3.53. The molecule has 1 saturated heterocycles. The van der Waals surface area contributed by atoms with Crippen molar-refractivity contribution in [1.82, 2.24) is 4.90 Å². The molecule has 0 spiro atoms. The molecule has 1 heterocycles. The van der Waals surface area contributed by atoms with Gasteiger partial charge >= 0.3 is 5.97 Å². The summed E-state index contributed by atoms with van der Waals surface area (Å²) < 4.78 is 0. The van der Waals surface area contributed by atoms with Crippen LogP contribution < -0.4 is 0 Å². The van der Waals surface area contributed by atoms with Gasteiger partial charge in [0.25, 0.3) is 0 Å². The van der Waals surface area contributed by atoms with E-state index in [1.807, 2.05) is 55.5 Å². The monoisotopic (exact) mass is 373 g/mol. The number of likely N-dealkylation sites (tertiary alicyclic amines) is 1. The van der Waals surface area contributed by atoms with E-state index in [9.17, 15) is 15.0 Å². The largest absolute Gasteiger partial charge is 0.481 e. The maximum Gasteiger partial charge on any atom is 0.312 e. The minimum Gasteiger partial charge on any atom is -0.481 e. The lowest BCUT2D eigenvalue weighted by Crippen LogP contribution is -2.55. The SMILES string of the molecule is Cc1cccc(Cl)c1CN1CC[C@](Cc2ccccc2)(C(=O)O)[C@H](O)C1. The normalized spacial score (nSPS) is 23.7. The topological polar surface area (TPSA) is 60.8 Å². The van der Waals surface area contributed by atoms with Gasteiger partial charge in [-0.3, -0.25) is 9.69 Å². The van der Waals surface area contributed by atoms with Gasteiger partial charge in [0.05, 0.1) is 6.10 Å². The highest BCUT2D eigenvalue weighted by molar-refractivity contribution is 6.31. The minimum absolute atomic E-state index is 0.323. The van der Waals surface area contributed by atoms with Crippen LogP contribution in [-0.4, -0.2) is 40.3 Å². The van der Waals surface area contributed by atoms with Crippen LogP contribution in [0.25, 0.3) is 0 Å². The number of carboxylic acid groups (broad SMARTS) is 1. The summed E-state index contributed by atoms with van der Waals surface area (Å²) in [6.45, 7) is 3.56. The average molecular weight is 374 g/mol. The molecule has 0 bridgehead atoms. The van der Waals surface area contributed by atoms with Crippen molar-refractivity contribution < 1.29 is 15.0 Å². The van der Waals surface area contributed by atoms with Crippen LogP contribution in [0.15, 0.2) is 48.5 Å². The van der Waals surface area contributed by atoms with Crippen molar-refractivity contribution in [3.63, 3.8) is 0 Å². The first-order valence-corrected chi connectivity index (χ1v) is 9.22. The molecule has 0 amide bonds. The van der Waals surface area contributed by atoms with Gasteiger partial charge in [-0.05, 0) is 49.1 Å². The van der Waals surface area contributed by atoms with Crippen LogP contribution >= 0.6 is 11.6 Å². The zero-order valence-electron chi connectivity index (χ0n) is 14.9. The summed E-state index contributed by atoms with van der Waals surface area (Å²) in [5.41, 5.74) is 1.93. The molecule has 0 radical (unpaired) electrons. The number of benzene rings is 2. The van der Waals surface area contributed by atoms with Crippen LogP contribution in [0.4, 0.5) is 0 Å². The standard InChI is InChI=1S/C21H24ClNO3/c1-15-6-5-9-18(22)17(15)13-23-11-10-21(20(25)26,19(24)14-23)12-16-7-3-2-4-8-16/h2-9,19,24H,10-14H2,1H3,(H,25,26)/t19-,21-/m1/s1. The molecule has 0 aromatic heterocycles. The smallest absolute Gasteiger partial charge is 0.312 e. The van der Waals surface area contributed by atoms with Gasteiger partial charge in [0.15, 0.2) is 0 Å². The van der Waals surface area contributed by atoms with Gasteiger partial charge in [-0.1, -0.05) is 54.1 Å². The summed E-state index contributed by atoms with van der Waals surface area (Å²) in [5.74, 6) is -0.928. The van der Waals surface area contributed by atoms with Gasteiger partial charge in [0, 0.05) is 18.1 Å². The Bertz CT molecular complexity index is 760. The summed E-state index contributed by atoms with van der Waals surface area (Å²) in [5, 5.41) is 21.4. The molecule has 2 aromatic rings. The molecule has 2 aromatic carbocycles. The van der Waals surface area contributed by atoms with E-state index in [2.05, 4.69) is 4.90 Å². The van der Waals surface area contributed by atoms with Crippen LogP contribution in [0.2, 0.25) is 5.02 Å². The number of carbonyl (C=O) groups is 1. The first-order valence-electron chi connectivity index (χ1n) is 8.84. The zero-order valence-corrected chi connectivity index (χ0v) is 15.6. The Kier molecular flexibility index (Phi) is 5.66. The second-order valence-corrected chi connectivity index (χ2v) is 7.57. The Morgan fingerprint density at radius 1 is 1.23 bits per heavy atom. The number of aliphatic hydroxyl groups excluding tert-OH is 1. The fourth-order valence-electron chi connectivity index (χ4n) is 3.76. The molecule has 0 unspecified atom stereocenters. The summed E-state index contributed by atoms with van der Waals surface area (Å²) >= 11 is 6.32. The molecule has 1 aliphatic heterocycles. The van der Waals surface area contributed by atoms with Crippen molar-refractivity contribution >= 4 is 17.6 Å². The number of hydrogen-bond acceptors (Lipinski definition) is 3. The number of nitrogens with zero attached hydrogens (tertiary/aromatic N) is 1. The van der Waals surface area contributed by atoms with Crippen LogP contribution in [-0.2, 0) is 17.8 Å². The molecular weight excluding hydrogens is 350 g/mol. The molecule has 2 N–H and O–H groups in total. The number of carboxylic acids is 1. The molecule has 3 rings (SSSR count). The molecule has 5 heteroatoms. The molecule has 4 nitrogen and oxygen atoms in total. The van der Waals surface area contributed by atoms with E-state index in [-0.39, 0.29) is 0 Å². The first kappa shape index (κ1) is 18.9. The highest BCUT2D eigenvalue weighted by atomic mass is 35.5. The Labute approximate surface area is 159 Å². The zero-order chi connectivity index (χ0) is 18.7. The summed E-state index contributed by atoms with van der Waals surface area (Å²) in [7, 11) is 0. The Morgan fingerprint density at radius 2 is 1.96 bits per heavy atom. The van der Waals surface area contributed by atoms with Gasteiger partial charge in [-0.15, -0.1) is 0 Å². The Morgan fingerprint density at radius 3 is 2.58 bits per heavy atom. The van der Waals surface area contributed by atoms with Crippen LogP contribution in [0.5, 0.6) is 0 Å². The fraction of sp³-hybridized carbons (Fsp3) is 0.381. The van der Waals surface area contributed by atoms with E-state index in [0.29, 0.717) is 37.5 Å². The Balaban J connectivity index is 1.76. The lowest BCUT2D eigenvalue weighted by Gasteiger charge is -2.43. The van der Waals surface area contributed by atoms with Crippen molar-refractivity contribution in [3.8, 4) is 0 Å². The third-order valence-electron chi connectivity index (χ3n) is 5.47. The number of piperidine rings is 1. The first-order chi connectivity index (χ1) is 12.4. The third kappa shape index (κ3) is 3.78. The number of aliphatic carboxylic acids is 1. The van der Waals surface area contributed by atoms with Crippen LogP contribution in [0.1, 0.15) is 23.1 Å². The lowest BCUT2D eigenvalue weighted by molar-refractivity contribution is -0.163. The third-order valence-corrected chi connectivity index (χ3v) is 5.82. The van der Waals surface area contributed by atoms with Crippen molar-refractivity contribution in [2.75, 3.05) is 13.1 Å². The molecule has 1 aliphatic rings. The van der Waals surface area contributed by atoms with E-state index < -0.39 is 17.5 Å². The predicted molar refractivity (Wildman–Crippen MR) is 102 cm³/mol. The maximum atomic E-state index is 12.1. The van der Waals surface area contributed by atoms with Crippen molar-refractivity contribution in [1.29, 1.82) is 0 Å². The van der Waals surface area contributed by atoms with E-state index in [1.165, 1.54) is 0 Å². The molecule has 0 aliphatic carbocycles. The number of rotatable bonds is 5. The minimum atomic E-state index is -1.15. The van der Waals surface area contributed by atoms with Crippen LogP contribution in [0, 0.1) is 12.3 Å². The van der Waals surface area contributed by atoms with Gasteiger partial charge in [0.2, 0.25) is 0 Å². The summed E-state index contributed by atoms with van der Waals surface area (Å²) in [6, 6.07) is 15.3. The number of aliphatic hydroxyl groups is 1. The molecule has 26 heavy (non-hydrogen) atoms. The van der Waals surface area contributed by atoms with E-state index in [0.717, 1.165) is 16.7 Å². The number of halogens is 1. The van der Waals surface area contributed by atoms with Crippen LogP contribution in [0.3, 0.4) is 0 Å². The van der Waals surface area contributed by atoms with Gasteiger partial charge in [-0.2, -0.15) is 0 Å². The molecule has 2 atom stereocenters. The van der Waals surface area contributed by atoms with E-state index in [4.69, 9.17) is 11.6 Å². The van der Waals surface area contributed by atoms with Gasteiger partial charge in [0.1, 0.15) is 5.41 Å². The summed E-state index contributed by atoms with van der Waals surface area (Å²) in [4.78, 5) is 14.2. The fourth-order valence-corrected chi connectivity index (χ4v) is 4.04. The molecule has 1 fully saturated rings. The highest BCUT2D eigenvalue weighted by Gasteiger charge is 2.48. The Hall–Kier alpha value is -1.88. The highest BCUT2D eigenvalue weighted by Crippen LogP contribution is 2.37. The van der Waals surface area contributed by atoms with E-state index in [1.54, 1.807) is 0 Å². The summed E-state index contributed by atoms with van der Waals surface area (Å²) in [6.07, 6.45) is -0.192. The maximum absolute atomic E-state index is 12.1. The van der Waals surface area contributed by atoms with Crippen molar-refractivity contribution in [2.45, 2.75) is 32.4 Å². The number of β-amino-alcohol motifs (C(OH)–C–C–N with tert-alkyl or cyclic N) is 1. The van der Waals surface area contributed by atoms with E-state index >= 15 is 0 Å².